The minimum Gasteiger partial charge on any atom is -0.423 e. The largest absolute Gasteiger partial charge is 0.423 e. The lowest BCUT2D eigenvalue weighted by molar-refractivity contribution is 0.0734. The average Bonchev–Trinajstić information content (AvgIpc) is 2.54. The van der Waals surface area contributed by atoms with Crippen LogP contribution in [-0.4, -0.2) is 11.8 Å². The number of benzene rings is 2. The number of esters is 1. The Morgan fingerprint density at radius 2 is 1.50 bits per heavy atom. The molecule has 22 heavy (non-hydrogen) atoms. The first kappa shape index (κ1) is 16.0. The van der Waals surface area contributed by atoms with Crippen LogP contribution in [0.1, 0.15) is 53.0 Å². The molecule has 0 aliphatic rings. The third kappa shape index (κ3) is 4.29. The first-order valence-corrected chi connectivity index (χ1v) is 7.52. The van der Waals surface area contributed by atoms with E-state index in [1.807, 2.05) is 12.1 Å². The number of carbonyl (C=O) groups is 2. The lowest BCUT2D eigenvalue weighted by Gasteiger charge is -2.06. The van der Waals surface area contributed by atoms with Gasteiger partial charge >= 0.3 is 5.97 Å². The molecular weight excluding hydrogens is 276 g/mol. The molecule has 0 atom stereocenters. The molecule has 3 nitrogen and oxygen atoms in total. The van der Waals surface area contributed by atoms with E-state index in [4.69, 9.17) is 4.74 Å². The summed E-state index contributed by atoms with van der Waals surface area (Å²) in [6.07, 6.45) is 3.32. The predicted molar refractivity (Wildman–Crippen MR) is 86.5 cm³/mol. The highest BCUT2D eigenvalue weighted by molar-refractivity contribution is 5.94. The molecule has 0 amide bonds. The fraction of sp³-hybridized carbons (Fsp3) is 0.263. The van der Waals surface area contributed by atoms with E-state index in [0.717, 1.165) is 19.3 Å². The predicted octanol–water partition coefficient (Wildman–Crippen LogP) is 4.45. The Bertz CT molecular complexity index is 639. The van der Waals surface area contributed by atoms with Gasteiger partial charge in [-0.2, -0.15) is 0 Å². The van der Waals surface area contributed by atoms with E-state index < -0.39 is 5.97 Å². The van der Waals surface area contributed by atoms with E-state index in [0.29, 0.717) is 16.9 Å². The number of Topliss-reactive ketones (excluding diaryl/α,β-unsaturated/α-hetero) is 1. The van der Waals surface area contributed by atoms with Gasteiger partial charge in [0.05, 0.1) is 5.56 Å². The zero-order valence-electron chi connectivity index (χ0n) is 13.0. The van der Waals surface area contributed by atoms with Gasteiger partial charge in [0.15, 0.2) is 5.78 Å². The van der Waals surface area contributed by atoms with Gasteiger partial charge in [-0.25, -0.2) is 4.79 Å². The molecule has 0 N–H and O–H groups in total. The molecule has 114 valence electrons. The lowest BCUT2D eigenvalue weighted by atomic mass is 10.1. The summed E-state index contributed by atoms with van der Waals surface area (Å²) in [6.45, 7) is 3.66. The van der Waals surface area contributed by atoms with Crippen LogP contribution in [-0.2, 0) is 6.42 Å². The van der Waals surface area contributed by atoms with Crippen molar-refractivity contribution in [1.82, 2.24) is 0 Å². The number of ether oxygens (including phenoxy) is 1. The van der Waals surface area contributed by atoms with Crippen molar-refractivity contribution in [2.75, 3.05) is 0 Å². The van der Waals surface area contributed by atoms with E-state index in [9.17, 15) is 9.59 Å². The maximum Gasteiger partial charge on any atom is 0.343 e. The zero-order chi connectivity index (χ0) is 15.9. The second kappa shape index (κ2) is 7.55. The van der Waals surface area contributed by atoms with Gasteiger partial charge in [0.25, 0.3) is 0 Å². The van der Waals surface area contributed by atoms with Crippen molar-refractivity contribution in [3.8, 4) is 5.75 Å². The van der Waals surface area contributed by atoms with E-state index in [2.05, 4.69) is 6.92 Å². The maximum atomic E-state index is 12.1. The summed E-state index contributed by atoms with van der Waals surface area (Å²) in [5.41, 5.74) is 2.35. The molecule has 0 bridgehead atoms. The number of carbonyl (C=O) groups excluding carboxylic acids is 2. The van der Waals surface area contributed by atoms with Crippen LogP contribution in [0.15, 0.2) is 48.5 Å². The van der Waals surface area contributed by atoms with Crippen LogP contribution in [0, 0.1) is 0 Å². The molecule has 0 radical (unpaired) electrons. The van der Waals surface area contributed by atoms with Crippen LogP contribution in [0.5, 0.6) is 5.75 Å². The van der Waals surface area contributed by atoms with Gasteiger partial charge < -0.3 is 4.74 Å². The Labute approximate surface area is 130 Å². The Kier molecular flexibility index (Phi) is 5.48. The van der Waals surface area contributed by atoms with Crippen LogP contribution < -0.4 is 4.74 Å². The third-order valence-electron chi connectivity index (χ3n) is 3.48. The molecule has 0 aromatic heterocycles. The van der Waals surface area contributed by atoms with Crippen LogP contribution in [0.4, 0.5) is 0 Å². The Morgan fingerprint density at radius 3 is 2.05 bits per heavy atom. The summed E-state index contributed by atoms with van der Waals surface area (Å²) >= 11 is 0. The van der Waals surface area contributed by atoms with Gasteiger partial charge in [0.2, 0.25) is 0 Å². The third-order valence-corrected chi connectivity index (χ3v) is 3.48. The van der Waals surface area contributed by atoms with Gasteiger partial charge in [0.1, 0.15) is 5.75 Å². The van der Waals surface area contributed by atoms with Crippen molar-refractivity contribution in [2.24, 2.45) is 0 Å². The monoisotopic (exact) mass is 296 g/mol. The summed E-state index contributed by atoms with van der Waals surface area (Å²) in [6, 6.07) is 14.1. The summed E-state index contributed by atoms with van der Waals surface area (Å²) in [5.74, 6) is 0.0308. The van der Waals surface area contributed by atoms with E-state index in [-0.39, 0.29) is 5.78 Å². The first-order valence-electron chi connectivity index (χ1n) is 7.52. The van der Waals surface area contributed by atoms with E-state index in [1.165, 1.54) is 12.5 Å². The van der Waals surface area contributed by atoms with Crippen molar-refractivity contribution < 1.29 is 14.3 Å². The van der Waals surface area contributed by atoms with Crippen molar-refractivity contribution in [2.45, 2.75) is 33.1 Å². The topological polar surface area (TPSA) is 43.4 Å². The number of rotatable bonds is 6. The minimum absolute atomic E-state index is 0.0134. The molecule has 0 saturated heterocycles. The van der Waals surface area contributed by atoms with Crippen LogP contribution in [0.3, 0.4) is 0 Å². The zero-order valence-corrected chi connectivity index (χ0v) is 13.0. The maximum absolute atomic E-state index is 12.1. The standard InChI is InChI=1S/C19H20O3/c1-3-4-5-15-6-8-17(9-7-15)19(21)22-18-12-10-16(11-13-18)14(2)20/h6-13H,3-5H2,1-2H3. The second-order valence-electron chi connectivity index (χ2n) is 5.27. The van der Waals surface area contributed by atoms with Crippen molar-refractivity contribution in [3.63, 3.8) is 0 Å². The van der Waals surface area contributed by atoms with Crippen molar-refractivity contribution >= 4 is 11.8 Å². The number of aryl methyl sites for hydroxylation is 1. The molecular formula is C19H20O3. The highest BCUT2D eigenvalue weighted by Crippen LogP contribution is 2.15. The van der Waals surface area contributed by atoms with Gasteiger partial charge in [-0.1, -0.05) is 25.5 Å². The fourth-order valence-electron chi connectivity index (χ4n) is 2.11. The first-order chi connectivity index (χ1) is 10.6. The molecule has 0 saturated carbocycles. The SMILES string of the molecule is CCCCc1ccc(C(=O)Oc2ccc(C(C)=O)cc2)cc1. The van der Waals surface area contributed by atoms with Gasteiger partial charge in [-0.15, -0.1) is 0 Å². The highest BCUT2D eigenvalue weighted by Gasteiger charge is 2.09. The molecule has 2 aromatic rings. The number of ketones is 1. The van der Waals surface area contributed by atoms with Gasteiger partial charge in [0, 0.05) is 5.56 Å². The molecule has 0 aliphatic heterocycles. The van der Waals surface area contributed by atoms with Crippen LogP contribution in [0.2, 0.25) is 0 Å². The van der Waals surface area contributed by atoms with Crippen molar-refractivity contribution in [3.05, 3.63) is 65.2 Å². The second-order valence-corrected chi connectivity index (χ2v) is 5.27. The molecule has 0 aliphatic carbocycles. The average molecular weight is 296 g/mol. The quantitative estimate of drug-likeness (QED) is 0.449. The summed E-state index contributed by atoms with van der Waals surface area (Å²) in [7, 11) is 0. The Hall–Kier alpha value is -2.42. The van der Waals surface area contributed by atoms with E-state index >= 15 is 0 Å². The normalized spacial score (nSPS) is 10.3. The summed E-state index contributed by atoms with van der Waals surface area (Å²) < 4.78 is 5.31. The van der Waals surface area contributed by atoms with Crippen LogP contribution >= 0.6 is 0 Å². The van der Waals surface area contributed by atoms with Crippen LogP contribution in [0.25, 0.3) is 0 Å². The lowest BCUT2D eigenvalue weighted by Crippen LogP contribution is -2.08. The van der Waals surface area contributed by atoms with E-state index in [1.54, 1.807) is 36.4 Å². The number of hydrogen-bond acceptors (Lipinski definition) is 3. The van der Waals surface area contributed by atoms with Gasteiger partial charge in [-0.05, 0) is 61.7 Å². The van der Waals surface area contributed by atoms with Crippen molar-refractivity contribution in [1.29, 1.82) is 0 Å². The molecule has 2 aromatic carbocycles. The Balaban J connectivity index is 2.00. The molecule has 0 fully saturated rings. The Morgan fingerprint density at radius 1 is 0.909 bits per heavy atom. The molecule has 2 rings (SSSR count). The number of hydrogen-bond donors (Lipinski definition) is 0. The molecule has 0 unspecified atom stereocenters. The molecule has 0 heterocycles. The number of unbranched alkanes of at least 4 members (excludes halogenated alkanes) is 1. The smallest absolute Gasteiger partial charge is 0.343 e. The highest BCUT2D eigenvalue weighted by atomic mass is 16.5. The minimum atomic E-state index is -0.391. The van der Waals surface area contributed by atoms with Gasteiger partial charge in [-0.3, -0.25) is 4.79 Å². The summed E-state index contributed by atoms with van der Waals surface area (Å²) in [5, 5.41) is 0. The summed E-state index contributed by atoms with van der Waals surface area (Å²) in [4.78, 5) is 23.3. The fourth-order valence-corrected chi connectivity index (χ4v) is 2.11. The molecule has 3 heteroatoms. The molecule has 0 spiro atoms.